The lowest BCUT2D eigenvalue weighted by Gasteiger charge is -2.14. The summed E-state index contributed by atoms with van der Waals surface area (Å²) < 4.78 is 31.7. The van der Waals surface area contributed by atoms with Gasteiger partial charge in [0, 0.05) is 48.5 Å². The highest BCUT2D eigenvalue weighted by atomic mass is 19.1. The zero-order chi connectivity index (χ0) is 28.4. The molecule has 1 amide bonds. The van der Waals surface area contributed by atoms with E-state index in [-0.39, 0.29) is 5.56 Å². The van der Waals surface area contributed by atoms with Crippen molar-refractivity contribution in [3.05, 3.63) is 100 Å². The van der Waals surface area contributed by atoms with Crippen LogP contribution in [0.5, 0.6) is 23.1 Å². The molecule has 3 heterocycles. The average Bonchev–Trinajstić information content (AvgIpc) is 2.96. The van der Waals surface area contributed by atoms with E-state index in [1.54, 1.807) is 67.3 Å². The molecule has 5 aromatic rings. The molecule has 0 aliphatic carbocycles. The highest BCUT2D eigenvalue weighted by Gasteiger charge is 2.20. The van der Waals surface area contributed by atoms with Crippen molar-refractivity contribution < 1.29 is 23.4 Å². The van der Waals surface area contributed by atoms with Crippen LogP contribution < -0.4 is 25.0 Å². The van der Waals surface area contributed by atoms with E-state index in [0.717, 1.165) is 0 Å². The van der Waals surface area contributed by atoms with E-state index in [0.29, 0.717) is 56.7 Å². The number of benzene rings is 2. The van der Waals surface area contributed by atoms with Crippen molar-refractivity contribution >= 4 is 22.6 Å². The van der Waals surface area contributed by atoms with Crippen molar-refractivity contribution in [1.29, 1.82) is 0 Å². The molecule has 5 rings (SSSR count). The lowest BCUT2D eigenvalue weighted by Crippen LogP contribution is -2.26. The Morgan fingerprint density at radius 2 is 1.70 bits per heavy atom. The van der Waals surface area contributed by atoms with E-state index < -0.39 is 17.2 Å². The van der Waals surface area contributed by atoms with Gasteiger partial charge in [0.25, 0.3) is 11.8 Å². The zero-order valence-electron chi connectivity index (χ0n) is 22.2. The highest BCUT2D eigenvalue weighted by Crippen LogP contribution is 2.34. The van der Waals surface area contributed by atoms with E-state index in [1.165, 1.54) is 38.5 Å². The molecule has 0 fully saturated rings. The van der Waals surface area contributed by atoms with Gasteiger partial charge >= 0.3 is 0 Å². The average molecular weight is 541 g/mol. The molecule has 2 aromatic carbocycles. The summed E-state index contributed by atoms with van der Waals surface area (Å²) >= 11 is 0. The third-order valence-electron chi connectivity index (χ3n) is 6.43. The second-order valence-corrected chi connectivity index (χ2v) is 8.91. The normalized spacial score (nSPS) is 10.8. The molecule has 202 valence electrons. The predicted octanol–water partition coefficient (Wildman–Crippen LogP) is 5.50. The Balaban J connectivity index is 1.39. The molecule has 0 atom stereocenters. The fraction of sp³-hybridized carbons (Fsp3) is 0.133. The van der Waals surface area contributed by atoms with Gasteiger partial charge in [-0.05, 0) is 48.9 Å². The van der Waals surface area contributed by atoms with Crippen molar-refractivity contribution in [3.63, 3.8) is 0 Å². The molecule has 9 nitrogen and oxygen atoms in total. The van der Waals surface area contributed by atoms with Gasteiger partial charge in [0.1, 0.15) is 22.6 Å². The first-order valence-corrected chi connectivity index (χ1v) is 12.2. The molecule has 0 unspecified atom stereocenters. The Hall–Kier alpha value is -5.25. The van der Waals surface area contributed by atoms with Crippen molar-refractivity contribution in [2.45, 2.75) is 6.92 Å². The van der Waals surface area contributed by atoms with Crippen LogP contribution in [0.3, 0.4) is 0 Å². The van der Waals surface area contributed by atoms with Crippen LogP contribution in [0, 0.1) is 12.7 Å². The van der Waals surface area contributed by atoms with Gasteiger partial charge in [-0.1, -0.05) is 12.1 Å². The van der Waals surface area contributed by atoms with Crippen LogP contribution in [0.2, 0.25) is 0 Å². The minimum Gasteiger partial charge on any atom is -0.491 e. The number of carbonyl (C=O) groups is 1. The van der Waals surface area contributed by atoms with Crippen LogP contribution in [-0.4, -0.2) is 34.7 Å². The van der Waals surface area contributed by atoms with Crippen LogP contribution in [0.25, 0.3) is 22.2 Å². The lowest BCUT2D eigenvalue weighted by molar-refractivity contribution is 0.102. The van der Waals surface area contributed by atoms with Crippen LogP contribution in [-0.2, 0) is 7.05 Å². The van der Waals surface area contributed by atoms with Crippen molar-refractivity contribution in [2.24, 2.45) is 7.05 Å². The topological polar surface area (TPSA) is 105 Å². The first-order valence-electron chi connectivity index (χ1n) is 12.2. The molecule has 3 aromatic heterocycles. The fourth-order valence-electron chi connectivity index (χ4n) is 4.24. The summed E-state index contributed by atoms with van der Waals surface area (Å²) in [5.74, 6) is 0.739. The van der Waals surface area contributed by atoms with Gasteiger partial charge < -0.3 is 24.1 Å². The molecule has 0 spiro atoms. The summed E-state index contributed by atoms with van der Waals surface area (Å²) in [6, 6.07) is 15.7. The summed E-state index contributed by atoms with van der Waals surface area (Å²) in [6.07, 6.45) is 3.24. The van der Waals surface area contributed by atoms with Crippen LogP contribution in [0.15, 0.2) is 77.9 Å². The second-order valence-electron chi connectivity index (χ2n) is 8.91. The number of aryl methyl sites for hydroxylation is 1. The number of hydrogen-bond donors (Lipinski definition) is 1. The van der Waals surface area contributed by atoms with Crippen molar-refractivity contribution in [3.8, 4) is 34.3 Å². The summed E-state index contributed by atoms with van der Waals surface area (Å²) in [4.78, 5) is 35.3. The molecule has 0 radical (unpaired) electrons. The molecule has 1 N–H and O–H groups in total. The number of nitrogens with one attached hydrogen (secondary N) is 1. The number of methoxy groups -OCH3 is 2. The fourth-order valence-corrected chi connectivity index (χ4v) is 4.24. The largest absolute Gasteiger partial charge is 0.491 e. The van der Waals surface area contributed by atoms with E-state index in [9.17, 15) is 14.0 Å². The van der Waals surface area contributed by atoms with Crippen LogP contribution in [0.4, 0.5) is 10.1 Å². The number of rotatable bonds is 7. The maximum atomic E-state index is 13.4. The van der Waals surface area contributed by atoms with E-state index >= 15 is 0 Å². The van der Waals surface area contributed by atoms with Gasteiger partial charge in [-0.3, -0.25) is 14.6 Å². The molecular weight excluding hydrogens is 515 g/mol. The maximum Gasteiger partial charge on any atom is 0.261 e. The monoisotopic (exact) mass is 540 g/mol. The lowest BCUT2D eigenvalue weighted by atomic mass is 10.0. The third-order valence-corrected chi connectivity index (χ3v) is 6.43. The van der Waals surface area contributed by atoms with E-state index in [4.69, 9.17) is 14.2 Å². The second kappa shape index (κ2) is 10.9. The Kier molecular flexibility index (Phi) is 7.15. The third kappa shape index (κ3) is 5.06. The Morgan fingerprint density at radius 1 is 0.975 bits per heavy atom. The molecule has 0 saturated carbocycles. The number of anilines is 1. The van der Waals surface area contributed by atoms with E-state index in [1.807, 2.05) is 0 Å². The van der Waals surface area contributed by atoms with Crippen LogP contribution >= 0.6 is 0 Å². The Morgan fingerprint density at radius 3 is 2.38 bits per heavy atom. The molecule has 10 heteroatoms. The highest BCUT2D eigenvalue weighted by molar-refractivity contribution is 6.05. The number of amides is 1. The van der Waals surface area contributed by atoms with Gasteiger partial charge in [-0.25, -0.2) is 9.37 Å². The number of halogens is 1. The van der Waals surface area contributed by atoms with Gasteiger partial charge in [-0.15, -0.1) is 0 Å². The molecule has 0 aliphatic heterocycles. The van der Waals surface area contributed by atoms with Gasteiger partial charge in [-0.2, -0.15) is 0 Å². The van der Waals surface area contributed by atoms with Gasteiger partial charge in [0.2, 0.25) is 5.43 Å². The number of nitrogens with zero attached hydrogens (tertiary/aromatic N) is 3. The minimum atomic E-state index is -0.555. The number of pyridine rings is 3. The smallest absolute Gasteiger partial charge is 0.261 e. The Bertz CT molecular complexity index is 1780. The molecule has 0 aliphatic rings. The van der Waals surface area contributed by atoms with E-state index in [2.05, 4.69) is 15.3 Å². The maximum absolute atomic E-state index is 13.4. The quantitative estimate of drug-likeness (QED) is 0.290. The van der Waals surface area contributed by atoms with Gasteiger partial charge in [0.15, 0.2) is 11.5 Å². The number of aromatic nitrogens is 3. The minimum absolute atomic E-state index is 0.00311. The van der Waals surface area contributed by atoms with Crippen molar-refractivity contribution in [1.82, 2.24) is 14.5 Å². The molecule has 40 heavy (non-hydrogen) atoms. The number of carbonyl (C=O) groups excluding carboxylic acids is 1. The molecular formula is C30H25FN4O5. The predicted molar refractivity (Wildman–Crippen MR) is 149 cm³/mol. The first-order chi connectivity index (χ1) is 19.3. The van der Waals surface area contributed by atoms with Crippen molar-refractivity contribution in [2.75, 3.05) is 19.5 Å². The number of fused-ring (bicyclic) bond motifs is 1. The zero-order valence-corrected chi connectivity index (χ0v) is 22.2. The van der Waals surface area contributed by atoms with Gasteiger partial charge in [0.05, 0.1) is 19.7 Å². The first kappa shape index (κ1) is 26.4. The van der Waals surface area contributed by atoms with Crippen LogP contribution in [0.1, 0.15) is 16.1 Å². The summed E-state index contributed by atoms with van der Waals surface area (Å²) in [5.41, 5.74) is 2.41. The standard InChI is InChI=1S/C30H25FN4O5/c1-17-26(28(36)22(16-35(17)2)18-5-7-19(31)8-6-18)29(37)33-20-9-11-21(12-10-20)40-24-13-14-32-23-15-25(38-3)30(39-4)34-27(23)24/h5-16H,1-4H3,(H,33,37). The summed E-state index contributed by atoms with van der Waals surface area (Å²) in [6.45, 7) is 1.69. The number of hydrogen-bond acceptors (Lipinski definition) is 7. The summed E-state index contributed by atoms with van der Waals surface area (Å²) in [5, 5.41) is 2.78. The summed E-state index contributed by atoms with van der Waals surface area (Å²) in [7, 11) is 4.76. The molecule has 0 bridgehead atoms. The molecule has 0 saturated heterocycles. The number of ether oxygens (including phenoxy) is 3. The SMILES string of the molecule is COc1cc2nccc(Oc3ccc(NC(=O)c4c(C)n(C)cc(-c5ccc(F)cc5)c4=O)cc3)c2nc1OC. The Labute approximate surface area is 228 Å².